The molecule has 0 radical (unpaired) electrons. The van der Waals surface area contributed by atoms with E-state index in [-0.39, 0.29) is 0 Å². The maximum Gasteiger partial charge on any atom is 0.346 e. The second-order valence-corrected chi connectivity index (χ2v) is 7.65. The van der Waals surface area contributed by atoms with Crippen molar-refractivity contribution in [1.29, 1.82) is 0 Å². The highest BCUT2D eigenvalue weighted by molar-refractivity contribution is 7.99. The maximum atomic E-state index is 11.5. The van der Waals surface area contributed by atoms with Crippen LogP contribution in [-0.2, 0) is 6.54 Å². The topological polar surface area (TPSA) is 49.3 Å². The number of thioether (sulfide) groups is 1. The quantitative estimate of drug-likeness (QED) is 0.875. The van der Waals surface area contributed by atoms with Gasteiger partial charge in [0, 0.05) is 22.5 Å². The van der Waals surface area contributed by atoms with E-state index in [0.29, 0.717) is 17.5 Å². The average Bonchev–Trinajstić information content (AvgIpc) is 3.09. The first kappa shape index (κ1) is 14.9. The molecule has 1 aromatic carbocycles. The fourth-order valence-electron chi connectivity index (χ4n) is 3.03. The standard InChI is InChI=1S/C16H19NO2S2/c1-20-11-7-6-10(8-11)17-9-13-12-4-2-3-5-14(12)21-15(13)16(18)19/h2-5,10-11,17H,6-9H2,1H3,(H,18,19). The molecule has 2 N–H and O–H groups in total. The lowest BCUT2D eigenvalue weighted by Crippen LogP contribution is -2.26. The van der Waals surface area contributed by atoms with E-state index in [1.165, 1.54) is 30.6 Å². The summed E-state index contributed by atoms with van der Waals surface area (Å²) >= 11 is 3.31. The van der Waals surface area contributed by atoms with E-state index in [0.717, 1.165) is 20.9 Å². The van der Waals surface area contributed by atoms with Crippen LogP contribution in [0.5, 0.6) is 0 Å². The van der Waals surface area contributed by atoms with Gasteiger partial charge in [-0.1, -0.05) is 18.2 Å². The molecule has 112 valence electrons. The smallest absolute Gasteiger partial charge is 0.346 e. The van der Waals surface area contributed by atoms with Gasteiger partial charge in [-0.2, -0.15) is 11.8 Å². The summed E-state index contributed by atoms with van der Waals surface area (Å²) in [4.78, 5) is 11.9. The highest BCUT2D eigenvalue weighted by Crippen LogP contribution is 2.32. The summed E-state index contributed by atoms with van der Waals surface area (Å²) in [5.41, 5.74) is 0.940. The zero-order valence-electron chi connectivity index (χ0n) is 12.0. The molecule has 0 bridgehead atoms. The third kappa shape index (κ3) is 3.10. The Bertz CT molecular complexity index is 653. The molecule has 2 unspecified atom stereocenters. The van der Waals surface area contributed by atoms with Gasteiger partial charge in [0.2, 0.25) is 0 Å². The van der Waals surface area contributed by atoms with Gasteiger partial charge in [-0.05, 0) is 42.5 Å². The summed E-state index contributed by atoms with van der Waals surface area (Å²) in [5.74, 6) is -0.818. The van der Waals surface area contributed by atoms with Crippen molar-refractivity contribution >= 4 is 39.2 Å². The molecular weight excluding hydrogens is 302 g/mol. The molecule has 3 nitrogen and oxygen atoms in total. The van der Waals surface area contributed by atoms with Gasteiger partial charge in [-0.25, -0.2) is 4.79 Å². The zero-order valence-corrected chi connectivity index (χ0v) is 13.6. The normalized spacial score (nSPS) is 22.0. The van der Waals surface area contributed by atoms with Gasteiger partial charge in [-0.3, -0.25) is 0 Å². The van der Waals surface area contributed by atoms with Crippen LogP contribution in [0.1, 0.15) is 34.5 Å². The van der Waals surface area contributed by atoms with E-state index in [4.69, 9.17) is 0 Å². The predicted molar refractivity (Wildman–Crippen MR) is 90.6 cm³/mol. The summed E-state index contributed by atoms with van der Waals surface area (Å²) in [6, 6.07) is 8.47. The van der Waals surface area contributed by atoms with Crippen LogP contribution in [0.4, 0.5) is 0 Å². The van der Waals surface area contributed by atoms with Gasteiger partial charge in [0.05, 0.1) is 0 Å². The van der Waals surface area contributed by atoms with Gasteiger partial charge in [0.15, 0.2) is 0 Å². The number of fused-ring (bicyclic) bond motifs is 1. The van der Waals surface area contributed by atoms with E-state index in [1.807, 2.05) is 36.0 Å². The van der Waals surface area contributed by atoms with Crippen LogP contribution in [0.3, 0.4) is 0 Å². The van der Waals surface area contributed by atoms with Crippen LogP contribution in [0, 0.1) is 0 Å². The first-order valence-corrected chi connectivity index (χ1v) is 9.29. The number of benzene rings is 1. The van der Waals surface area contributed by atoms with E-state index < -0.39 is 5.97 Å². The highest BCUT2D eigenvalue weighted by atomic mass is 32.2. The molecule has 0 saturated heterocycles. The summed E-state index contributed by atoms with van der Waals surface area (Å²) in [6.07, 6.45) is 5.80. The van der Waals surface area contributed by atoms with Crippen LogP contribution in [-0.4, -0.2) is 28.6 Å². The second-order valence-electron chi connectivity index (χ2n) is 5.46. The zero-order chi connectivity index (χ0) is 14.8. The van der Waals surface area contributed by atoms with E-state index >= 15 is 0 Å². The number of hydrogen-bond acceptors (Lipinski definition) is 4. The number of carbonyl (C=O) groups is 1. The van der Waals surface area contributed by atoms with Crippen LogP contribution >= 0.6 is 23.1 Å². The van der Waals surface area contributed by atoms with Gasteiger partial charge in [-0.15, -0.1) is 11.3 Å². The van der Waals surface area contributed by atoms with Gasteiger partial charge < -0.3 is 10.4 Å². The Labute approximate surface area is 132 Å². The monoisotopic (exact) mass is 321 g/mol. The molecule has 0 spiro atoms. The van der Waals surface area contributed by atoms with Crippen molar-refractivity contribution in [2.45, 2.75) is 37.1 Å². The van der Waals surface area contributed by atoms with Crippen LogP contribution in [0.15, 0.2) is 24.3 Å². The number of rotatable bonds is 5. The SMILES string of the molecule is CSC1CCC(NCc2c(C(=O)O)sc3ccccc23)C1. The maximum absolute atomic E-state index is 11.5. The molecule has 2 atom stereocenters. The van der Waals surface area contributed by atoms with Crippen LogP contribution < -0.4 is 5.32 Å². The van der Waals surface area contributed by atoms with Crippen LogP contribution in [0.25, 0.3) is 10.1 Å². The summed E-state index contributed by atoms with van der Waals surface area (Å²) in [7, 11) is 0. The molecule has 3 rings (SSSR count). The summed E-state index contributed by atoms with van der Waals surface area (Å²) in [5, 5.41) is 14.8. The van der Waals surface area contributed by atoms with Crippen LogP contribution in [0.2, 0.25) is 0 Å². The van der Waals surface area contributed by atoms with Crippen molar-refractivity contribution in [3.63, 3.8) is 0 Å². The largest absolute Gasteiger partial charge is 0.477 e. The molecule has 1 heterocycles. The lowest BCUT2D eigenvalue weighted by atomic mass is 10.1. The summed E-state index contributed by atoms with van der Waals surface area (Å²) in [6.45, 7) is 0.650. The summed E-state index contributed by atoms with van der Waals surface area (Å²) < 4.78 is 1.06. The van der Waals surface area contributed by atoms with Gasteiger partial charge >= 0.3 is 5.97 Å². The highest BCUT2D eigenvalue weighted by Gasteiger charge is 2.24. The molecule has 0 amide bonds. The number of aromatic carboxylic acids is 1. The van der Waals surface area contributed by atoms with Crippen molar-refractivity contribution < 1.29 is 9.90 Å². The minimum atomic E-state index is -0.818. The molecule has 1 aliphatic rings. The Morgan fingerprint density at radius 1 is 1.43 bits per heavy atom. The Hall–Kier alpha value is -1.04. The minimum Gasteiger partial charge on any atom is -0.477 e. The lowest BCUT2D eigenvalue weighted by molar-refractivity contribution is 0.0701. The molecule has 0 aliphatic heterocycles. The van der Waals surface area contributed by atoms with E-state index in [1.54, 1.807) is 0 Å². The number of thiophene rings is 1. The number of carboxylic acids is 1. The van der Waals surface area contributed by atoms with Gasteiger partial charge in [0.25, 0.3) is 0 Å². The number of carboxylic acid groups (broad SMARTS) is 1. The molecule has 5 heteroatoms. The average molecular weight is 321 g/mol. The molecule has 1 saturated carbocycles. The Balaban J connectivity index is 1.79. The second kappa shape index (κ2) is 6.38. The van der Waals surface area contributed by atoms with E-state index in [9.17, 15) is 9.90 Å². The molecule has 1 fully saturated rings. The number of nitrogens with one attached hydrogen (secondary N) is 1. The van der Waals surface area contributed by atoms with Crippen molar-refractivity contribution in [2.75, 3.05) is 6.26 Å². The molecule has 1 aliphatic carbocycles. The third-order valence-electron chi connectivity index (χ3n) is 4.18. The number of hydrogen-bond donors (Lipinski definition) is 2. The van der Waals surface area contributed by atoms with Crippen molar-refractivity contribution in [1.82, 2.24) is 5.32 Å². The Morgan fingerprint density at radius 3 is 2.95 bits per heavy atom. The lowest BCUT2D eigenvalue weighted by Gasteiger charge is -2.13. The third-order valence-corrected chi connectivity index (χ3v) is 6.47. The molecule has 21 heavy (non-hydrogen) atoms. The molecule has 2 aromatic rings. The Kier molecular flexibility index (Phi) is 4.52. The molecule has 1 aromatic heterocycles. The minimum absolute atomic E-state index is 0.475. The Morgan fingerprint density at radius 2 is 2.24 bits per heavy atom. The van der Waals surface area contributed by atoms with E-state index in [2.05, 4.69) is 11.6 Å². The van der Waals surface area contributed by atoms with Crippen molar-refractivity contribution in [2.24, 2.45) is 0 Å². The predicted octanol–water partition coefficient (Wildman–Crippen LogP) is 3.97. The first-order chi connectivity index (χ1) is 10.2. The fourth-order valence-corrected chi connectivity index (χ4v) is 4.89. The molecular formula is C16H19NO2S2. The fraction of sp³-hybridized carbons (Fsp3) is 0.438. The first-order valence-electron chi connectivity index (χ1n) is 7.19. The van der Waals surface area contributed by atoms with Gasteiger partial charge in [0.1, 0.15) is 4.88 Å². The van der Waals surface area contributed by atoms with Crippen molar-refractivity contribution in [3.05, 3.63) is 34.7 Å². The van der Waals surface area contributed by atoms with Crippen molar-refractivity contribution in [3.8, 4) is 0 Å².